The fraction of sp³-hybridized carbons (Fsp3) is 0.130. The third kappa shape index (κ3) is 5.64. The number of halogens is 2. The van der Waals surface area contributed by atoms with Gasteiger partial charge in [-0.25, -0.2) is 13.6 Å². The molecule has 30 heavy (non-hydrogen) atoms. The minimum absolute atomic E-state index is 0.0854. The maximum Gasteiger partial charge on any atom is 0.319 e. The first kappa shape index (κ1) is 21.0. The molecule has 0 aromatic heterocycles. The molecule has 0 aliphatic rings. The number of hydrogen-bond acceptors (Lipinski definition) is 2. The number of hydrogen-bond donors (Lipinski definition) is 2. The van der Waals surface area contributed by atoms with E-state index in [1.54, 1.807) is 30.3 Å². The van der Waals surface area contributed by atoms with Crippen molar-refractivity contribution in [3.63, 3.8) is 0 Å². The summed E-state index contributed by atoms with van der Waals surface area (Å²) in [4.78, 5) is 26.4. The highest BCUT2D eigenvalue weighted by molar-refractivity contribution is 6.06. The van der Waals surface area contributed by atoms with Gasteiger partial charge in [-0.15, -0.1) is 0 Å². The van der Waals surface area contributed by atoms with E-state index in [0.717, 1.165) is 0 Å². The molecule has 0 bridgehead atoms. The number of carbonyl (C=O) groups excluding carboxylic acids is 2. The van der Waals surface area contributed by atoms with Crippen LogP contribution in [0.4, 0.5) is 25.0 Å². The van der Waals surface area contributed by atoms with Crippen molar-refractivity contribution in [2.45, 2.75) is 6.42 Å². The number of amides is 3. The number of rotatable bonds is 7. The van der Waals surface area contributed by atoms with E-state index in [-0.39, 0.29) is 18.1 Å². The van der Waals surface area contributed by atoms with Crippen LogP contribution in [0.3, 0.4) is 0 Å². The Morgan fingerprint density at radius 1 is 0.833 bits per heavy atom. The van der Waals surface area contributed by atoms with Crippen molar-refractivity contribution in [1.82, 2.24) is 5.32 Å². The minimum atomic E-state index is -0.539. The molecule has 0 aliphatic heterocycles. The molecule has 0 aliphatic carbocycles. The van der Waals surface area contributed by atoms with Gasteiger partial charge in [0.15, 0.2) is 0 Å². The predicted molar refractivity (Wildman–Crippen MR) is 113 cm³/mol. The minimum Gasteiger partial charge on any atom is -0.338 e. The highest BCUT2D eigenvalue weighted by Crippen LogP contribution is 2.18. The van der Waals surface area contributed by atoms with E-state index in [0.29, 0.717) is 24.2 Å². The van der Waals surface area contributed by atoms with Gasteiger partial charge in [-0.2, -0.15) is 0 Å². The van der Waals surface area contributed by atoms with E-state index in [1.807, 2.05) is 6.07 Å². The number of nitrogens with zero attached hydrogens (tertiary/aromatic N) is 1. The molecule has 3 aromatic rings. The monoisotopic (exact) mass is 409 g/mol. The van der Waals surface area contributed by atoms with Crippen LogP contribution in [0.25, 0.3) is 0 Å². The molecule has 3 amide bonds. The Bertz CT molecular complexity index is 995. The Hall–Kier alpha value is -3.74. The number of urea groups is 1. The van der Waals surface area contributed by atoms with Crippen molar-refractivity contribution in [3.8, 4) is 0 Å². The van der Waals surface area contributed by atoms with Gasteiger partial charge in [-0.05, 0) is 55.0 Å². The summed E-state index contributed by atoms with van der Waals surface area (Å²) < 4.78 is 26.9. The summed E-state index contributed by atoms with van der Waals surface area (Å²) in [6.45, 7) is 0.569. The zero-order valence-corrected chi connectivity index (χ0v) is 16.1. The van der Waals surface area contributed by atoms with E-state index in [4.69, 9.17) is 0 Å². The fourth-order valence-corrected chi connectivity index (χ4v) is 2.87. The molecule has 2 N–H and O–H groups in total. The van der Waals surface area contributed by atoms with Gasteiger partial charge in [0.05, 0.1) is 5.69 Å². The summed E-state index contributed by atoms with van der Waals surface area (Å²) >= 11 is 0. The first-order valence-corrected chi connectivity index (χ1v) is 9.46. The molecule has 3 rings (SSSR count). The van der Waals surface area contributed by atoms with E-state index in [2.05, 4.69) is 10.6 Å². The molecule has 7 heteroatoms. The van der Waals surface area contributed by atoms with Crippen LogP contribution < -0.4 is 15.5 Å². The van der Waals surface area contributed by atoms with Crippen LogP contribution in [0, 0.1) is 11.6 Å². The number of nitrogens with one attached hydrogen (secondary N) is 2. The lowest BCUT2D eigenvalue weighted by Gasteiger charge is -2.23. The maximum atomic E-state index is 13.6. The third-order valence-corrected chi connectivity index (χ3v) is 4.37. The zero-order chi connectivity index (χ0) is 21.3. The number of anilines is 2. The third-order valence-electron chi connectivity index (χ3n) is 4.37. The quantitative estimate of drug-likeness (QED) is 0.550. The smallest absolute Gasteiger partial charge is 0.319 e. The number of benzene rings is 3. The first-order valence-electron chi connectivity index (χ1n) is 9.46. The summed E-state index contributed by atoms with van der Waals surface area (Å²) in [6, 6.07) is 19.8. The normalized spacial score (nSPS) is 10.3. The average molecular weight is 409 g/mol. The summed E-state index contributed by atoms with van der Waals surface area (Å²) in [5.74, 6) is -1.14. The highest BCUT2D eigenvalue weighted by Gasteiger charge is 2.17. The zero-order valence-electron chi connectivity index (χ0n) is 16.1. The molecule has 0 radical (unpaired) electrons. The molecule has 0 saturated heterocycles. The summed E-state index contributed by atoms with van der Waals surface area (Å²) in [6.07, 6.45) is 0.445. The van der Waals surface area contributed by atoms with E-state index in [9.17, 15) is 18.4 Å². The summed E-state index contributed by atoms with van der Waals surface area (Å²) in [5.41, 5.74) is 1.15. The molecular weight excluding hydrogens is 388 g/mol. The van der Waals surface area contributed by atoms with Crippen molar-refractivity contribution in [3.05, 3.63) is 96.1 Å². The molecule has 0 heterocycles. The molecule has 0 fully saturated rings. The summed E-state index contributed by atoms with van der Waals surface area (Å²) in [5, 5.41) is 5.08. The SMILES string of the molecule is O=C(NCCCN(C(=O)c1ccccc1)c1ccc(F)cc1)Nc1ccccc1F. The lowest BCUT2D eigenvalue weighted by Crippen LogP contribution is -2.35. The number of carbonyl (C=O) groups is 2. The van der Waals surface area contributed by atoms with Gasteiger partial charge >= 0.3 is 6.03 Å². The highest BCUT2D eigenvalue weighted by atomic mass is 19.1. The Morgan fingerprint density at radius 2 is 1.50 bits per heavy atom. The second kappa shape index (κ2) is 10.2. The standard InChI is InChI=1S/C23H21F2N3O2/c24-18-11-13-19(14-12-18)28(22(29)17-7-2-1-3-8-17)16-6-15-26-23(30)27-21-10-5-4-9-20(21)25/h1-5,7-14H,6,15-16H2,(H2,26,27,30). The number of para-hydroxylation sites is 1. The van der Waals surface area contributed by atoms with Crippen LogP contribution in [0.15, 0.2) is 78.9 Å². The predicted octanol–water partition coefficient (Wildman–Crippen LogP) is 4.82. The van der Waals surface area contributed by atoms with E-state index in [1.165, 1.54) is 47.4 Å². The van der Waals surface area contributed by atoms with Gasteiger partial charge < -0.3 is 15.5 Å². The topological polar surface area (TPSA) is 61.4 Å². The summed E-state index contributed by atoms with van der Waals surface area (Å²) in [7, 11) is 0. The van der Waals surface area contributed by atoms with Gasteiger partial charge in [0.1, 0.15) is 11.6 Å². The van der Waals surface area contributed by atoms with Crippen LogP contribution in [-0.2, 0) is 0 Å². The average Bonchev–Trinajstić information content (AvgIpc) is 2.76. The van der Waals surface area contributed by atoms with Crippen LogP contribution in [0.2, 0.25) is 0 Å². The molecule has 0 atom stereocenters. The van der Waals surface area contributed by atoms with E-state index < -0.39 is 17.7 Å². The maximum absolute atomic E-state index is 13.6. The van der Waals surface area contributed by atoms with Gasteiger partial charge in [0, 0.05) is 24.3 Å². The van der Waals surface area contributed by atoms with Crippen LogP contribution in [0.5, 0.6) is 0 Å². The van der Waals surface area contributed by atoms with Gasteiger partial charge in [-0.1, -0.05) is 30.3 Å². The van der Waals surface area contributed by atoms with Crippen molar-refractivity contribution in [2.75, 3.05) is 23.3 Å². The molecule has 0 unspecified atom stereocenters. The molecule has 0 saturated carbocycles. The van der Waals surface area contributed by atoms with Crippen molar-refractivity contribution >= 4 is 23.3 Å². The molecule has 3 aromatic carbocycles. The van der Waals surface area contributed by atoms with Gasteiger partial charge in [-0.3, -0.25) is 4.79 Å². The van der Waals surface area contributed by atoms with Crippen molar-refractivity contribution < 1.29 is 18.4 Å². The largest absolute Gasteiger partial charge is 0.338 e. The Kier molecular flexibility index (Phi) is 7.10. The first-order chi connectivity index (χ1) is 14.5. The molecule has 154 valence electrons. The second-order valence-electron chi connectivity index (χ2n) is 6.51. The Labute approximate surface area is 173 Å². The molecule has 0 spiro atoms. The Morgan fingerprint density at radius 3 is 2.20 bits per heavy atom. The van der Waals surface area contributed by atoms with E-state index >= 15 is 0 Å². The molecule has 5 nitrogen and oxygen atoms in total. The fourth-order valence-electron chi connectivity index (χ4n) is 2.87. The molecular formula is C23H21F2N3O2. The van der Waals surface area contributed by atoms with Crippen molar-refractivity contribution in [2.24, 2.45) is 0 Å². The Balaban J connectivity index is 1.59. The van der Waals surface area contributed by atoms with Crippen LogP contribution >= 0.6 is 0 Å². The van der Waals surface area contributed by atoms with Crippen molar-refractivity contribution in [1.29, 1.82) is 0 Å². The second-order valence-corrected chi connectivity index (χ2v) is 6.51. The lowest BCUT2D eigenvalue weighted by atomic mass is 10.1. The van der Waals surface area contributed by atoms with Gasteiger partial charge in [0.2, 0.25) is 0 Å². The van der Waals surface area contributed by atoms with Crippen LogP contribution in [0.1, 0.15) is 16.8 Å². The lowest BCUT2D eigenvalue weighted by molar-refractivity contribution is 0.0986. The van der Waals surface area contributed by atoms with Gasteiger partial charge in [0.25, 0.3) is 5.91 Å². The van der Waals surface area contributed by atoms with Crippen LogP contribution in [-0.4, -0.2) is 25.0 Å².